The van der Waals surface area contributed by atoms with E-state index in [0.717, 1.165) is 12.8 Å². The fourth-order valence-corrected chi connectivity index (χ4v) is 3.14. The Kier molecular flexibility index (Phi) is 11.5. The van der Waals surface area contributed by atoms with E-state index in [1.165, 1.54) is 81.0 Å². The molecule has 1 heterocycles. The van der Waals surface area contributed by atoms with E-state index in [4.69, 9.17) is 11.6 Å². The molecule has 0 N–H and O–H groups in total. The van der Waals surface area contributed by atoms with Crippen LogP contribution < -0.4 is 5.56 Å². The Hall–Kier alpha value is -1.09. The van der Waals surface area contributed by atoms with Crippen molar-refractivity contribution in [1.82, 2.24) is 9.78 Å². The van der Waals surface area contributed by atoms with Gasteiger partial charge in [-0.3, -0.25) is 4.79 Å². The highest BCUT2D eigenvalue weighted by molar-refractivity contribution is 6.29. The summed E-state index contributed by atoms with van der Waals surface area (Å²) in [5.74, 6) is 0. The molecule has 4 heteroatoms. The number of rotatable bonds is 14. The van der Waals surface area contributed by atoms with Crippen LogP contribution in [0.3, 0.4) is 0 Å². The maximum atomic E-state index is 11.9. The van der Waals surface area contributed by atoms with E-state index in [1.54, 1.807) is 6.08 Å². The average molecular weight is 353 g/mol. The largest absolute Gasteiger partial charge is 0.268 e. The zero-order valence-electron chi connectivity index (χ0n) is 15.2. The monoisotopic (exact) mass is 352 g/mol. The van der Waals surface area contributed by atoms with Crippen LogP contribution in [0.5, 0.6) is 0 Å². The van der Waals surface area contributed by atoms with Gasteiger partial charge in [0.05, 0.1) is 6.04 Å². The highest BCUT2D eigenvalue weighted by atomic mass is 35.5. The number of allylic oxidation sites excluding steroid dienone is 1. The van der Waals surface area contributed by atoms with Crippen molar-refractivity contribution in [2.45, 2.75) is 90.0 Å². The van der Waals surface area contributed by atoms with Gasteiger partial charge in [-0.15, -0.1) is 6.58 Å². The molecule has 1 aromatic heterocycles. The quantitative estimate of drug-likeness (QED) is 0.290. The molecule has 0 aliphatic heterocycles. The van der Waals surface area contributed by atoms with Gasteiger partial charge in [-0.25, -0.2) is 4.68 Å². The van der Waals surface area contributed by atoms with Gasteiger partial charge in [-0.05, 0) is 12.5 Å². The molecule has 1 rings (SSSR count). The third-order valence-corrected chi connectivity index (χ3v) is 4.68. The molecule has 0 bridgehead atoms. The van der Waals surface area contributed by atoms with E-state index in [0.29, 0.717) is 5.15 Å². The van der Waals surface area contributed by atoms with E-state index >= 15 is 0 Å². The number of hydrogen-bond acceptors (Lipinski definition) is 2. The van der Waals surface area contributed by atoms with Crippen molar-refractivity contribution in [1.29, 1.82) is 0 Å². The lowest BCUT2D eigenvalue weighted by Gasteiger charge is -2.14. The van der Waals surface area contributed by atoms with E-state index in [9.17, 15) is 4.79 Å². The van der Waals surface area contributed by atoms with Gasteiger partial charge in [0.25, 0.3) is 5.56 Å². The summed E-state index contributed by atoms with van der Waals surface area (Å²) in [7, 11) is 0. The maximum Gasteiger partial charge on any atom is 0.267 e. The predicted octanol–water partition coefficient (Wildman–Crippen LogP) is 6.32. The molecule has 0 saturated heterocycles. The molecule has 24 heavy (non-hydrogen) atoms. The zero-order valence-corrected chi connectivity index (χ0v) is 15.9. The normalized spacial score (nSPS) is 12.2. The topological polar surface area (TPSA) is 34.9 Å². The first kappa shape index (κ1) is 21.0. The molecule has 0 amide bonds. The lowest BCUT2D eigenvalue weighted by molar-refractivity contribution is 0.450. The van der Waals surface area contributed by atoms with Gasteiger partial charge in [-0.1, -0.05) is 95.2 Å². The van der Waals surface area contributed by atoms with Crippen molar-refractivity contribution < 1.29 is 0 Å². The highest BCUT2D eigenvalue weighted by Crippen LogP contribution is 2.17. The minimum absolute atomic E-state index is 0.0604. The van der Waals surface area contributed by atoms with Crippen molar-refractivity contribution in [3.63, 3.8) is 0 Å². The molecule has 0 aliphatic carbocycles. The number of unbranched alkanes of at least 4 members (excludes halogenated alkanes) is 10. The zero-order chi connectivity index (χ0) is 17.6. The third-order valence-electron chi connectivity index (χ3n) is 4.48. The first-order chi connectivity index (χ1) is 11.7. The second-order valence-corrected chi connectivity index (χ2v) is 6.95. The minimum Gasteiger partial charge on any atom is -0.268 e. The van der Waals surface area contributed by atoms with Crippen LogP contribution in [0.15, 0.2) is 29.6 Å². The third kappa shape index (κ3) is 8.68. The van der Waals surface area contributed by atoms with Crippen molar-refractivity contribution in [2.75, 3.05) is 0 Å². The summed E-state index contributed by atoms with van der Waals surface area (Å²) in [6.45, 7) is 6.10. The summed E-state index contributed by atoms with van der Waals surface area (Å²) in [4.78, 5) is 11.9. The number of halogens is 1. The smallest absolute Gasteiger partial charge is 0.267 e. The minimum atomic E-state index is -0.118. The summed E-state index contributed by atoms with van der Waals surface area (Å²) in [6.07, 6.45) is 17.2. The summed E-state index contributed by atoms with van der Waals surface area (Å²) in [6, 6.07) is 2.93. The molecule has 0 aromatic carbocycles. The molecule has 136 valence electrons. The average Bonchev–Trinajstić information content (AvgIpc) is 2.58. The van der Waals surface area contributed by atoms with Crippen LogP contribution in [0.4, 0.5) is 0 Å². The van der Waals surface area contributed by atoms with Gasteiger partial charge in [0, 0.05) is 6.07 Å². The van der Waals surface area contributed by atoms with Crippen LogP contribution in [0.1, 0.15) is 90.0 Å². The molecule has 1 aromatic rings. The van der Waals surface area contributed by atoms with Gasteiger partial charge < -0.3 is 0 Å². The van der Waals surface area contributed by atoms with Gasteiger partial charge in [0.2, 0.25) is 0 Å². The van der Waals surface area contributed by atoms with Gasteiger partial charge in [0.1, 0.15) is 5.15 Å². The fourth-order valence-electron chi connectivity index (χ4n) is 3.00. The summed E-state index contributed by atoms with van der Waals surface area (Å²) in [5.41, 5.74) is -0.118. The molecule has 0 unspecified atom stereocenters. The van der Waals surface area contributed by atoms with E-state index < -0.39 is 0 Å². The second-order valence-electron chi connectivity index (χ2n) is 6.57. The number of hydrogen-bond donors (Lipinski definition) is 0. The van der Waals surface area contributed by atoms with Crippen LogP contribution in [0, 0.1) is 0 Å². The van der Waals surface area contributed by atoms with Crippen LogP contribution in [0.2, 0.25) is 5.15 Å². The summed E-state index contributed by atoms with van der Waals surface area (Å²) in [5, 5.41) is 4.46. The van der Waals surface area contributed by atoms with Crippen LogP contribution in [0.25, 0.3) is 0 Å². The van der Waals surface area contributed by atoms with Crippen molar-refractivity contribution in [3.05, 3.63) is 40.3 Å². The lowest BCUT2D eigenvalue weighted by atomic mass is 10.0. The lowest BCUT2D eigenvalue weighted by Crippen LogP contribution is -2.25. The van der Waals surface area contributed by atoms with Crippen molar-refractivity contribution in [2.24, 2.45) is 0 Å². The summed E-state index contributed by atoms with van der Waals surface area (Å²) >= 11 is 5.88. The second kappa shape index (κ2) is 13.2. The molecular formula is C20H33ClN2O. The molecular weight excluding hydrogens is 320 g/mol. The van der Waals surface area contributed by atoms with Gasteiger partial charge in [0.15, 0.2) is 0 Å². The van der Waals surface area contributed by atoms with Crippen LogP contribution in [-0.4, -0.2) is 9.78 Å². The van der Waals surface area contributed by atoms with E-state index in [2.05, 4.69) is 18.6 Å². The van der Waals surface area contributed by atoms with E-state index in [-0.39, 0.29) is 11.6 Å². The standard InChI is InChI=1S/C20H33ClN2O/c1-3-5-6-7-8-9-10-11-12-13-14-15-18(4-2)23-20(24)17-16-19(21)22-23/h4,16-18H,2-3,5-15H2,1H3/t18-/m1/s1. The molecule has 0 radical (unpaired) electrons. The molecule has 0 aliphatic rings. The molecule has 3 nitrogen and oxygen atoms in total. The van der Waals surface area contributed by atoms with Crippen molar-refractivity contribution in [3.8, 4) is 0 Å². The Morgan fingerprint density at radius 2 is 1.58 bits per heavy atom. The summed E-state index contributed by atoms with van der Waals surface area (Å²) < 4.78 is 1.45. The molecule has 0 saturated carbocycles. The first-order valence-corrected chi connectivity index (χ1v) is 9.94. The fraction of sp³-hybridized carbons (Fsp3) is 0.700. The van der Waals surface area contributed by atoms with Crippen LogP contribution in [-0.2, 0) is 0 Å². The van der Waals surface area contributed by atoms with Crippen molar-refractivity contribution >= 4 is 11.6 Å². The van der Waals surface area contributed by atoms with Gasteiger partial charge >= 0.3 is 0 Å². The Labute approximate surface area is 152 Å². The van der Waals surface area contributed by atoms with E-state index in [1.807, 2.05) is 0 Å². The Morgan fingerprint density at radius 1 is 1.04 bits per heavy atom. The molecule has 1 atom stereocenters. The molecule has 0 fully saturated rings. The number of nitrogens with zero attached hydrogens (tertiary/aromatic N) is 2. The first-order valence-electron chi connectivity index (χ1n) is 9.57. The SMILES string of the molecule is C=C[C@H](CCCCCCCCCCCCC)n1nc(Cl)ccc1=O. The highest BCUT2D eigenvalue weighted by Gasteiger charge is 2.10. The number of aromatic nitrogens is 2. The predicted molar refractivity (Wildman–Crippen MR) is 104 cm³/mol. The van der Waals surface area contributed by atoms with Crippen LogP contribution >= 0.6 is 11.6 Å². The van der Waals surface area contributed by atoms with Gasteiger partial charge in [-0.2, -0.15) is 5.10 Å². The Balaban J connectivity index is 2.12. The maximum absolute atomic E-state index is 11.9. The Bertz CT molecular complexity index is 513. The Morgan fingerprint density at radius 3 is 2.12 bits per heavy atom. The molecule has 0 spiro atoms.